The van der Waals surface area contributed by atoms with Crippen molar-refractivity contribution in [2.75, 3.05) is 0 Å². The maximum atomic E-state index is 14.4. The van der Waals surface area contributed by atoms with E-state index in [2.05, 4.69) is 0 Å². The molecular formula is C21H25F5O2. The molecule has 0 spiro atoms. The van der Waals surface area contributed by atoms with Gasteiger partial charge >= 0.3 is 12.1 Å². The molecule has 4 rings (SSSR count). The molecule has 1 N–H and O–H groups in total. The summed E-state index contributed by atoms with van der Waals surface area (Å²) >= 11 is 0. The second kappa shape index (κ2) is 5.67. The van der Waals surface area contributed by atoms with Gasteiger partial charge in [-0.3, -0.25) is 4.79 Å². The average molecular weight is 404 g/mol. The first-order chi connectivity index (χ1) is 12.8. The third kappa shape index (κ3) is 2.25. The summed E-state index contributed by atoms with van der Waals surface area (Å²) in [7, 11) is 0. The lowest BCUT2D eigenvalue weighted by molar-refractivity contribution is -0.363. The number of alkyl halides is 5. The maximum Gasteiger partial charge on any atom is 0.456 e. The van der Waals surface area contributed by atoms with E-state index in [4.69, 9.17) is 0 Å². The molecule has 0 aromatic carbocycles. The molecule has 6 atom stereocenters. The van der Waals surface area contributed by atoms with E-state index in [1.807, 2.05) is 13.0 Å². The van der Waals surface area contributed by atoms with Gasteiger partial charge in [-0.1, -0.05) is 25.5 Å². The van der Waals surface area contributed by atoms with Crippen LogP contribution in [0.4, 0.5) is 22.0 Å². The van der Waals surface area contributed by atoms with Gasteiger partial charge < -0.3 is 5.11 Å². The lowest BCUT2D eigenvalue weighted by Gasteiger charge is -2.58. The van der Waals surface area contributed by atoms with Gasteiger partial charge in [0.25, 0.3) is 0 Å². The zero-order chi connectivity index (χ0) is 20.8. The number of halogens is 5. The van der Waals surface area contributed by atoms with Crippen molar-refractivity contribution in [2.24, 2.45) is 28.6 Å². The fourth-order valence-electron chi connectivity index (χ4n) is 6.96. The molecule has 0 aliphatic heterocycles. The van der Waals surface area contributed by atoms with Crippen molar-refractivity contribution in [3.05, 3.63) is 23.8 Å². The summed E-state index contributed by atoms with van der Waals surface area (Å²) in [4.78, 5) is 11.8. The van der Waals surface area contributed by atoms with Gasteiger partial charge in [0.15, 0.2) is 5.78 Å². The number of ketones is 1. The SMILES string of the molecule is C[C@]12C=CC(=O)C=C1CC[C@@H]1[C@H]2CC[C@@]2(C)[C@H]1CCC2(O)C(F)(F)C(F)(F)F. The van der Waals surface area contributed by atoms with Crippen LogP contribution in [-0.2, 0) is 4.79 Å². The summed E-state index contributed by atoms with van der Waals surface area (Å²) in [5, 5.41) is 10.8. The molecule has 28 heavy (non-hydrogen) atoms. The Hall–Kier alpha value is -1.24. The number of carbonyl (C=O) groups is 1. The van der Waals surface area contributed by atoms with E-state index < -0.39 is 35.5 Å². The first kappa shape index (κ1) is 20.0. The van der Waals surface area contributed by atoms with Crippen molar-refractivity contribution in [3.63, 3.8) is 0 Å². The highest BCUT2D eigenvalue weighted by atomic mass is 19.4. The fraction of sp³-hybridized carbons (Fsp3) is 0.762. The monoisotopic (exact) mass is 404 g/mol. The van der Waals surface area contributed by atoms with Gasteiger partial charge in [-0.05, 0) is 68.4 Å². The molecule has 0 amide bonds. The molecule has 3 saturated carbocycles. The Bertz CT molecular complexity index is 769. The number of allylic oxidation sites excluding steroid dienone is 4. The Morgan fingerprint density at radius 1 is 1.04 bits per heavy atom. The van der Waals surface area contributed by atoms with Crippen LogP contribution < -0.4 is 0 Å². The quantitative estimate of drug-likeness (QED) is 0.608. The topological polar surface area (TPSA) is 37.3 Å². The molecule has 7 heteroatoms. The number of hydrogen-bond acceptors (Lipinski definition) is 2. The second-order valence-electron chi connectivity index (χ2n) is 9.53. The molecule has 4 aliphatic rings. The van der Waals surface area contributed by atoms with Crippen LogP contribution in [0, 0.1) is 28.6 Å². The van der Waals surface area contributed by atoms with Gasteiger partial charge in [-0.2, -0.15) is 22.0 Å². The van der Waals surface area contributed by atoms with Crippen molar-refractivity contribution < 1.29 is 31.9 Å². The molecule has 156 valence electrons. The minimum atomic E-state index is -5.78. The lowest BCUT2D eigenvalue weighted by Crippen LogP contribution is -2.65. The van der Waals surface area contributed by atoms with Crippen molar-refractivity contribution in [1.29, 1.82) is 0 Å². The fourth-order valence-corrected chi connectivity index (χ4v) is 6.96. The Labute approximate surface area is 160 Å². The zero-order valence-corrected chi connectivity index (χ0v) is 16.0. The summed E-state index contributed by atoms with van der Waals surface area (Å²) in [6, 6.07) is 0. The van der Waals surface area contributed by atoms with Gasteiger partial charge in [0, 0.05) is 10.8 Å². The maximum absolute atomic E-state index is 14.4. The molecule has 1 unspecified atom stereocenters. The normalized spacial score (nSPS) is 45.9. The Kier molecular flexibility index (Phi) is 4.06. The van der Waals surface area contributed by atoms with Crippen molar-refractivity contribution in [1.82, 2.24) is 0 Å². The highest BCUT2D eigenvalue weighted by Crippen LogP contribution is 2.70. The number of carbonyl (C=O) groups excluding carboxylic acids is 1. The molecule has 0 saturated heterocycles. The Morgan fingerprint density at radius 2 is 1.68 bits per heavy atom. The van der Waals surface area contributed by atoms with E-state index in [9.17, 15) is 31.9 Å². The average Bonchev–Trinajstić information content (AvgIpc) is 2.87. The van der Waals surface area contributed by atoms with Crippen LogP contribution in [0.3, 0.4) is 0 Å². The zero-order valence-electron chi connectivity index (χ0n) is 16.0. The Balaban J connectivity index is 1.71. The number of rotatable bonds is 1. The number of aliphatic hydroxyl groups is 1. The largest absolute Gasteiger partial charge is 0.456 e. The molecule has 0 bridgehead atoms. The summed E-state index contributed by atoms with van der Waals surface area (Å²) in [5.74, 6) is -5.56. The first-order valence-electron chi connectivity index (χ1n) is 9.89. The van der Waals surface area contributed by atoms with E-state index in [-0.39, 0.29) is 35.9 Å². The second-order valence-corrected chi connectivity index (χ2v) is 9.53. The number of hydrogen-bond donors (Lipinski definition) is 1. The van der Waals surface area contributed by atoms with Crippen LogP contribution in [0.2, 0.25) is 0 Å². The van der Waals surface area contributed by atoms with Gasteiger partial charge in [0.05, 0.1) is 0 Å². The van der Waals surface area contributed by atoms with E-state index in [0.717, 1.165) is 5.57 Å². The molecule has 0 heterocycles. The summed E-state index contributed by atoms with van der Waals surface area (Å²) < 4.78 is 68.3. The highest BCUT2D eigenvalue weighted by Gasteiger charge is 2.79. The molecule has 0 radical (unpaired) electrons. The predicted octanol–water partition coefficient (Wildman–Crippen LogP) is 5.22. The molecule has 4 aliphatic carbocycles. The summed E-state index contributed by atoms with van der Waals surface area (Å²) in [6.45, 7) is 3.46. The summed E-state index contributed by atoms with van der Waals surface area (Å²) in [6.07, 6.45) is 0.763. The Morgan fingerprint density at radius 3 is 2.32 bits per heavy atom. The third-order valence-electron chi connectivity index (χ3n) is 8.58. The molecule has 2 nitrogen and oxygen atoms in total. The van der Waals surface area contributed by atoms with Crippen LogP contribution in [0.15, 0.2) is 23.8 Å². The van der Waals surface area contributed by atoms with Crippen LogP contribution in [0.25, 0.3) is 0 Å². The van der Waals surface area contributed by atoms with Crippen LogP contribution >= 0.6 is 0 Å². The van der Waals surface area contributed by atoms with Crippen molar-refractivity contribution in [3.8, 4) is 0 Å². The van der Waals surface area contributed by atoms with Gasteiger partial charge in [0.2, 0.25) is 0 Å². The van der Waals surface area contributed by atoms with Gasteiger partial charge in [-0.25, -0.2) is 0 Å². The third-order valence-corrected chi connectivity index (χ3v) is 8.58. The van der Waals surface area contributed by atoms with E-state index in [1.165, 1.54) is 13.0 Å². The first-order valence-corrected chi connectivity index (χ1v) is 9.89. The van der Waals surface area contributed by atoms with Crippen LogP contribution in [0.1, 0.15) is 52.4 Å². The minimum absolute atomic E-state index is 0.0446. The highest BCUT2D eigenvalue weighted by molar-refractivity contribution is 6.01. The van der Waals surface area contributed by atoms with Gasteiger partial charge in [-0.15, -0.1) is 0 Å². The number of fused-ring (bicyclic) bond motifs is 5. The van der Waals surface area contributed by atoms with Crippen LogP contribution in [0.5, 0.6) is 0 Å². The molecule has 0 aromatic heterocycles. The predicted molar refractivity (Wildman–Crippen MR) is 92.6 cm³/mol. The van der Waals surface area contributed by atoms with E-state index >= 15 is 0 Å². The minimum Gasteiger partial charge on any atom is -0.383 e. The molecular weight excluding hydrogens is 379 g/mol. The summed E-state index contributed by atoms with van der Waals surface area (Å²) in [5.41, 5.74) is -3.91. The van der Waals surface area contributed by atoms with Crippen LogP contribution in [-0.4, -0.2) is 28.6 Å². The van der Waals surface area contributed by atoms with Crippen molar-refractivity contribution in [2.45, 2.75) is 70.1 Å². The smallest absolute Gasteiger partial charge is 0.383 e. The lowest BCUT2D eigenvalue weighted by atomic mass is 9.47. The van der Waals surface area contributed by atoms with Gasteiger partial charge in [0.1, 0.15) is 5.60 Å². The molecule has 0 aromatic rings. The van der Waals surface area contributed by atoms with E-state index in [1.54, 1.807) is 6.08 Å². The standard InChI is InChI=1S/C21H25F5O2/c1-17-8-5-13(27)11-12(17)3-4-14-15(17)6-9-18(2)16(14)7-10-19(18,28)20(22,23)21(24,25)26/h5,8,11,14-16,28H,3-4,6-7,9-10H2,1-2H3/t14-,15-,16+,17+,18+,19?/m1/s1. The molecule has 3 fully saturated rings. The van der Waals surface area contributed by atoms with E-state index in [0.29, 0.717) is 19.3 Å². The van der Waals surface area contributed by atoms with Crippen molar-refractivity contribution >= 4 is 5.78 Å².